The molecule has 0 aliphatic carbocycles. The van der Waals surface area contributed by atoms with Crippen molar-refractivity contribution in [2.75, 3.05) is 6.54 Å². The van der Waals surface area contributed by atoms with Crippen LogP contribution in [0.25, 0.3) is 0 Å². The molecule has 0 aliphatic rings. The zero-order valence-corrected chi connectivity index (χ0v) is 17.0. The zero-order valence-electron chi connectivity index (χ0n) is 17.0. The van der Waals surface area contributed by atoms with Gasteiger partial charge in [0.05, 0.1) is 0 Å². The number of benzene rings is 2. The molecule has 0 saturated heterocycles. The van der Waals surface area contributed by atoms with E-state index in [1.165, 1.54) is 12.1 Å². The van der Waals surface area contributed by atoms with Crippen LogP contribution in [0.1, 0.15) is 24.0 Å². The second kappa shape index (κ2) is 12.2. The fourth-order valence-electron chi connectivity index (χ4n) is 2.84. The van der Waals surface area contributed by atoms with E-state index in [1.807, 2.05) is 18.2 Å². The van der Waals surface area contributed by atoms with Crippen LogP contribution in [0.3, 0.4) is 0 Å². The van der Waals surface area contributed by atoms with Gasteiger partial charge in [0.2, 0.25) is 5.91 Å². The number of alkyl carbamates (subject to hydrolysis) is 1. The summed E-state index contributed by atoms with van der Waals surface area (Å²) < 4.78 is 5.15. The average Bonchev–Trinajstić information content (AvgIpc) is 2.76. The third-order valence-corrected chi connectivity index (χ3v) is 4.51. The largest absolute Gasteiger partial charge is 0.508 e. The summed E-state index contributed by atoms with van der Waals surface area (Å²) in [4.78, 5) is 36.5. The van der Waals surface area contributed by atoms with E-state index in [1.54, 1.807) is 24.3 Å². The van der Waals surface area contributed by atoms with Crippen molar-refractivity contribution in [1.82, 2.24) is 10.6 Å². The lowest BCUT2D eigenvalue weighted by molar-refractivity contribution is -0.142. The molecule has 2 amide bonds. The number of phenolic OH excluding ortho intramolecular Hbond substituents is 1. The number of ether oxygens (including phenoxy) is 1. The number of amides is 2. The Morgan fingerprint density at radius 3 is 2.23 bits per heavy atom. The maximum absolute atomic E-state index is 12.7. The van der Waals surface area contributed by atoms with Gasteiger partial charge in [-0.25, -0.2) is 9.59 Å². The lowest BCUT2D eigenvalue weighted by Crippen LogP contribution is -2.52. The highest BCUT2D eigenvalue weighted by Crippen LogP contribution is 2.12. The predicted octanol–water partition coefficient (Wildman–Crippen LogP) is 1.54. The molecular weight excluding hydrogens is 402 g/mol. The Balaban J connectivity index is 1.97. The molecule has 0 aromatic heterocycles. The Bertz CT molecular complexity index is 857. The van der Waals surface area contributed by atoms with Crippen LogP contribution in [0.15, 0.2) is 54.6 Å². The predicted molar refractivity (Wildman–Crippen MR) is 113 cm³/mol. The van der Waals surface area contributed by atoms with Gasteiger partial charge in [0, 0.05) is 6.42 Å². The molecule has 2 aromatic carbocycles. The summed E-state index contributed by atoms with van der Waals surface area (Å²) in [6.07, 6.45) is -0.0868. The number of hydrogen-bond acceptors (Lipinski definition) is 6. The van der Waals surface area contributed by atoms with Gasteiger partial charge in [0.1, 0.15) is 24.4 Å². The van der Waals surface area contributed by atoms with Gasteiger partial charge in [-0.05, 0) is 42.6 Å². The summed E-state index contributed by atoms with van der Waals surface area (Å²) in [5, 5.41) is 23.8. The fraction of sp³-hybridized carbons (Fsp3) is 0.318. The van der Waals surface area contributed by atoms with E-state index in [9.17, 15) is 24.6 Å². The molecule has 9 nitrogen and oxygen atoms in total. The van der Waals surface area contributed by atoms with Gasteiger partial charge in [-0.2, -0.15) is 0 Å². The molecule has 0 fully saturated rings. The van der Waals surface area contributed by atoms with Crippen LogP contribution in [-0.2, 0) is 27.4 Å². The Labute approximate surface area is 180 Å². The number of hydrogen-bond donors (Lipinski definition) is 5. The minimum atomic E-state index is -1.22. The van der Waals surface area contributed by atoms with E-state index < -0.39 is 30.1 Å². The number of carboxylic acid groups (broad SMARTS) is 1. The van der Waals surface area contributed by atoms with Crippen LogP contribution in [0.2, 0.25) is 0 Å². The monoisotopic (exact) mass is 429 g/mol. The van der Waals surface area contributed by atoms with Gasteiger partial charge < -0.3 is 31.3 Å². The number of nitrogens with two attached hydrogens (primary N) is 1. The molecule has 0 radical (unpaired) electrons. The quantitative estimate of drug-likeness (QED) is 0.363. The first-order valence-electron chi connectivity index (χ1n) is 9.87. The molecule has 2 atom stereocenters. The third kappa shape index (κ3) is 8.35. The van der Waals surface area contributed by atoms with Crippen LogP contribution in [0.4, 0.5) is 4.79 Å². The van der Waals surface area contributed by atoms with Gasteiger partial charge in [-0.1, -0.05) is 42.5 Å². The molecule has 2 rings (SSSR count). The van der Waals surface area contributed by atoms with Crippen molar-refractivity contribution >= 4 is 18.0 Å². The molecule has 0 bridgehead atoms. The molecule has 6 N–H and O–H groups in total. The standard InChI is InChI=1S/C22H27N3O6/c23-12-4-7-18(25-22(30)31-14-16-5-2-1-3-6-16)20(27)24-19(21(28)29)13-15-8-10-17(26)11-9-15/h1-3,5-6,8-11,18-19,26H,4,7,12-14,23H2,(H,24,27)(H,25,30)(H,28,29)/t18?,19-/m0/s1. The Morgan fingerprint density at radius 2 is 1.61 bits per heavy atom. The molecule has 0 aliphatic heterocycles. The van der Waals surface area contributed by atoms with Crippen molar-refractivity contribution < 1.29 is 29.3 Å². The minimum absolute atomic E-state index is 0.0173. The van der Waals surface area contributed by atoms with E-state index in [-0.39, 0.29) is 25.2 Å². The average molecular weight is 429 g/mol. The number of aliphatic carboxylic acids is 1. The summed E-state index contributed by atoms with van der Waals surface area (Å²) in [7, 11) is 0. The van der Waals surface area contributed by atoms with Crippen LogP contribution in [0.5, 0.6) is 5.75 Å². The number of carbonyl (C=O) groups excluding carboxylic acids is 2. The highest BCUT2D eigenvalue weighted by Gasteiger charge is 2.27. The second-order valence-electron chi connectivity index (χ2n) is 6.96. The SMILES string of the molecule is NCCCC(NC(=O)OCc1ccccc1)C(=O)N[C@@H](Cc1ccc(O)cc1)C(=O)O. The maximum atomic E-state index is 12.7. The maximum Gasteiger partial charge on any atom is 0.408 e. The van der Waals surface area contributed by atoms with Crippen molar-refractivity contribution in [1.29, 1.82) is 0 Å². The highest BCUT2D eigenvalue weighted by atomic mass is 16.5. The van der Waals surface area contributed by atoms with Crippen LogP contribution in [-0.4, -0.2) is 46.8 Å². The van der Waals surface area contributed by atoms with Crippen molar-refractivity contribution in [3.8, 4) is 5.75 Å². The highest BCUT2D eigenvalue weighted by molar-refractivity contribution is 5.89. The van der Waals surface area contributed by atoms with Gasteiger partial charge >= 0.3 is 12.1 Å². The van der Waals surface area contributed by atoms with Crippen molar-refractivity contribution in [3.05, 3.63) is 65.7 Å². The van der Waals surface area contributed by atoms with Gasteiger partial charge in [0.15, 0.2) is 0 Å². The van der Waals surface area contributed by atoms with Crippen molar-refractivity contribution in [3.63, 3.8) is 0 Å². The summed E-state index contributed by atoms with van der Waals surface area (Å²) in [6.45, 7) is 0.344. The number of aromatic hydroxyl groups is 1. The van der Waals surface area contributed by atoms with E-state index in [2.05, 4.69) is 10.6 Å². The lowest BCUT2D eigenvalue weighted by atomic mass is 10.0. The minimum Gasteiger partial charge on any atom is -0.508 e. The van der Waals surface area contributed by atoms with E-state index >= 15 is 0 Å². The van der Waals surface area contributed by atoms with Gasteiger partial charge in [-0.3, -0.25) is 4.79 Å². The van der Waals surface area contributed by atoms with E-state index in [4.69, 9.17) is 10.5 Å². The van der Waals surface area contributed by atoms with Crippen molar-refractivity contribution in [2.24, 2.45) is 5.73 Å². The molecule has 2 aromatic rings. The van der Waals surface area contributed by atoms with Crippen LogP contribution >= 0.6 is 0 Å². The summed E-state index contributed by atoms with van der Waals surface area (Å²) >= 11 is 0. The summed E-state index contributed by atoms with van der Waals surface area (Å²) in [6, 6.07) is 12.9. The van der Waals surface area contributed by atoms with E-state index in [0.717, 1.165) is 5.56 Å². The molecule has 9 heteroatoms. The Hall–Kier alpha value is -3.59. The third-order valence-electron chi connectivity index (χ3n) is 4.51. The van der Waals surface area contributed by atoms with E-state index in [0.29, 0.717) is 18.5 Å². The second-order valence-corrected chi connectivity index (χ2v) is 6.96. The van der Waals surface area contributed by atoms with Gasteiger partial charge in [-0.15, -0.1) is 0 Å². The lowest BCUT2D eigenvalue weighted by Gasteiger charge is -2.21. The van der Waals surface area contributed by atoms with Gasteiger partial charge in [0.25, 0.3) is 0 Å². The van der Waals surface area contributed by atoms with Crippen molar-refractivity contribution in [2.45, 2.75) is 38.0 Å². The number of carboxylic acids is 1. The van der Waals surface area contributed by atoms with Crippen LogP contribution in [0, 0.1) is 0 Å². The normalized spacial score (nSPS) is 12.4. The Kier molecular flexibility index (Phi) is 9.31. The molecule has 1 unspecified atom stereocenters. The molecule has 166 valence electrons. The summed E-state index contributed by atoms with van der Waals surface area (Å²) in [5.41, 5.74) is 6.93. The summed E-state index contributed by atoms with van der Waals surface area (Å²) in [5.74, 6) is -1.80. The molecule has 0 spiro atoms. The topological polar surface area (TPSA) is 151 Å². The smallest absolute Gasteiger partial charge is 0.408 e. The Morgan fingerprint density at radius 1 is 0.935 bits per heavy atom. The van der Waals surface area contributed by atoms with Crippen LogP contribution < -0.4 is 16.4 Å². The number of nitrogens with one attached hydrogen (secondary N) is 2. The fourth-order valence-corrected chi connectivity index (χ4v) is 2.84. The number of rotatable bonds is 11. The first kappa shape index (κ1) is 23.7. The first-order valence-corrected chi connectivity index (χ1v) is 9.87. The number of carbonyl (C=O) groups is 3. The molecular formula is C22H27N3O6. The molecule has 0 saturated carbocycles. The first-order chi connectivity index (χ1) is 14.9. The number of phenols is 1. The molecule has 31 heavy (non-hydrogen) atoms. The molecule has 0 heterocycles. The zero-order chi connectivity index (χ0) is 22.6.